The van der Waals surface area contributed by atoms with Gasteiger partial charge in [-0.05, 0) is 29.3 Å². The maximum atomic E-state index is 11.6. The van der Waals surface area contributed by atoms with Crippen molar-refractivity contribution in [1.82, 2.24) is 4.98 Å². The van der Waals surface area contributed by atoms with E-state index in [1.165, 1.54) is 24.4 Å². The lowest BCUT2D eigenvalue weighted by molar-refractivity contribution is 0.0695. The highest BCUT2D eigenvalue weighted by Gasteiger charge is 2.20. The van der Waals surface area contributed by atoms with E-state index in [-0.39, 0.29) is 28.4 Å². The number of anilines is 1. The summed E-state index contributed by atoms with van der Waals surface area (Å²) >= 11 is 12.0. The van der Waals surface area contributed by atoms with Crippen molar-refractivity contribution in [2.45, 2.75) is 6.42 Å². The summed E-state index contributed by atoms with van der Waals surface area (Å²) in [6, 6.07) is 4.33. The molecule has 0 bridgehead atoms. The zero-order chi connectivity index (χ0) is 16.4. The molecule has 1 amide bonds. The molecule has 22 heavy (non-hydrogen) atoms. The number of pyridine rings is 1. The Kier molecular flexibility index (Phi) is 4.54. The SMILES string of the molecule is NC(=O)c1c(N)ncc(Cl)c1Cc1cc(Cl)ccc1C(=O)O. The van der Waals surface area contributed by atoms with E-state index in [2.05, 4.69) is 4.98 Å². The van der Waals surface area contributed by atoms with Crippen LogP contribution in [0.1, 0.15) is 31.8 Å². The predicted octanol–water partition coefficient (Wildman–Crippen LogP) is 2.36. The van der Waals surface area contributed by atoms with Crippen molar-refractivity contribution in [1.29, 1.82) is 0 Å². The number of primary amides is 1. The second-order valence-electron chi connectivity index (χ2n) is 4.49. The highest BCUT2D eigenvalue weighted by molar-refractivity contribution is 6.32. The van der Waals surface area contributed by atoms with Crippen LogP contribution in [0.4, 0.5) is 5.82 Å². The number of halogens is 2. The highest BCUT2D eigenvalue weighted by atomic mass is 35.5. The first-order valence-corrected chi connectivity index (χ1v) is 6.81. The Balaban J connectivity index is 2.61. The van der Waals surface area contributed by atoms with E-state index in [1.54, 1.807) is 0 Å². The largest absolute Gasteiger partial charge is 0.478 e. The summed E-state index contributed by atoms with van der Waals surface area (Å²) in [6.07, 6.45) is 1.32. The second kappa shape index (κ2) is 6.21. The summed E-state index contributed by atoms with van der Waals surface area (Å²) in [4.78, 5) is 26.6. The molecule has 0 aliphatic carbocycles. The summed E-state index contributed by atoms with van der Waals surface area (Å²) in [6.45, 7) is 0. The van der Waals surface area contributed by atoms with Gasteiger partial charge in [0.1, 0.15) is 5.82 Å². The number of hydrogen-bond donors (Lipinski definition) is 3. The fraction of sp³-hybridized carbons (Fsp3) is 0.0714. The van der Waals surface area contributed by atoms with Crippen molar-refractivity contribution in [3.8, 4) is 0 Å². The van der Waals surface area contributed by atoms with Crippen molar-refractivity contribution >= 4 is 40.9 Å². The number of benzene rings is 1. The Morgan fingerprint density at radius 1 is 1.27 bits per heavy atom. The van der Waals surface area contributed by atoms with Gasteiger partial charge in [0.2, 0.25) is 0 Å². The number of nitrogens with zero attached hydrogens (tertiary/aromatic N) is 1. The second-order valence-corrected chi connectivity index (χ2v) is 5.34. The minimum atomic E-state index is -1.12. The van der Waals surface area contributed by atoms with E-state index in [4.69, 9.17) is 34.7 Å². The molecule has 1 aromatic heterocycles. The first-order chi connectivity index (χ1) is 10.3. The predicted molar refractivity (Wildman–Crippen MR) is 83.4 cm³/mol. The molecular formula is C14H11Cl2N3O3. The van der Waals surface area contributed by atoms with E-state index in [9.17, 15) is 14.7 Å². The Bertz CT molecular complexity index is 778. The van der Waals surface area contributed by atoms with Crippen LogP contribution in [0.15, 0.2) is 24.4 Å². The van der Waals surface area contributed by atoms with Gasteiger partial charge < -0.3 is 16.6 Å². The Labute approximate surface area is 135 Å². The van der Waals surface area contributed by atoms with Crippen molar-refractivity contribution in [2.24, 2.45) is 5.73 Å². The number of amides is 1. The maximum Gasteiger partial charge on any atom is 0.335 e. The van der Waals surface area contributed by atoms with E-state index in [0.29, 0.717) is 16.1 Å². The molecule has 0 atom stereocenters. The molecule has 0 radical (unpaired) electrons. The smallest absolute Gasteiger partial charge is 0.335 e. The molecule has 5 N–H and O–H groups in total. The number of carbonyl (C=O) groups is 2. The molecule has 0 saturated heterocycles. The molecule has 0 spiro atoms. The minimum Gasteiger partial charge on any atom is -0.478 e. The van der Waals surface area contributed by atoms with E-state index < -0.39 is 11.9 Å². The maximum absolute atomic E-state index is 11.6. The molecule has 114 valence electrons. The number of aromatic nitrogens is 1. The van der Waals surface area contributed by atoms with Crippen LogP contribution in [0, 0.1) is 0 Å². The topological polar surface area (TPSA) is 119 Å². The lowest BCUT2D eigenvalue weighted by Gasteiger charge is -2.13. The lowest BCUT2D eigenvalue weighted by atomic mass is 9.96. The third kappa shape index (κ3) is 3.13. The molecule has 0 aliphatic heterocycles. The molecule has 0 aliphatic rings. The zero-order valence-electron chi connectivity index (χ0n) is 11.1. The van der Waals surface area contributed by atoms with Crippen LogP contribution in [-0.4, -0.2) is 22.0 Å². The molecule has 1 aromatic carbocycles. The van der Waals surface area contributed by atoms with Gasteiger partial charge in [-0.15, -0.1) is 0 Å². The first-order valence-electron chi connectivity index (χ1n) is 6.05. The number of carbonyl (C=O) groups excluding carboxylic acids is 1. The number of carboxylic acid groups (broad SMARTS) is 1. The summed E-state index contributed by atoms with van der Waals surface area (Å²) in [5.41, 5.74) is 11.7. The van der Waals surface area contributed by atoms with Gasteiger partial charge >= 0.3 is 5.97 Å². The number of nitrogen functional groups attached to an aromatic ring is 1. The molecule has 0 fully saturated rings. The van der Waals surface area contributed by atoms with Gasteiger partial charge in [0.05, 0.1) is 16.1 Å². The summed E-state index contributed by atoms with van der Waals surface area (Å²) < 4.78 is 0. The van der Waals surface area contributed by atoms with Crippen LogP contribution in [0.2, 0.25) is 10.0 Å². The number of rotatable bonds is 4. The van der Waals surface area contributed by atoms with E-state index >= 15 is 0 Å². The van der Waals surface area contributed by atoms with Crippen LogP contribution < -0.4 is 11.5 Å². The van der Waals surface area contributed by atoms with Crippen LogP contribution >= 0.6 is 23.2 Å². The average molecular weight is 340 g/mol. The van der Waals surface area contributed by atoms with Crippen molar-refractivity contribution < 1.29 is 14.7 Å². The van der Waals surface area contributed by atoms with Gasteiger partial charge in [-0.25, -0.2) is 9.78 Å². The van der Waals surface area contributed by atoms with Crippen molar-refractivity contribution in [2.75, 3.05) is 5.73 Å². The molecule has 0 saturated carbocycles. The van der Waals surface area contributed by atoms with Crippen LogP contribution in [-0.2, 0) is 6.42 Å². The highest BCUT2D eigenvalue weighted by Crippen LogP contribution is 2.28. The van der Waals surface area contributed by atoms with Crippen molar-refractivity contribution in [3.63, 3.8) is 0 Å². The number of nitrogens with two attached hydrogens (primary N) is 2. The third-order valence-corrected chi connectivity index (χ3v) is 3.64. The Hall–Kier alpha value is -2.31. The minimum absolute atomic E-state index is 0.0242. The summed E-state index contributed by atoms with van der Waals surface area (Å²) in [5.74, 6) is -1.97. The molecule has 6 nitrogen and oxygen atoms in total. The fourth-order valence-electron chi connectivity index (χ4n) is 2.10. The number of aromatic carboxylic acids is 1. The normalized spacial score (nSPS) is 10.5. The van der Waals surface area contributed by atoms with Gasteiger partial charge in [-0.1, -0.05) is 23.2 Å². The third-order valence-electron chi connectivity index (χ3n) is 3.07. The number of hydrogen-bond acceptors (Lipinski definition) is 4. The fourth-order valence-corrected chi connectivity index (χ4v) is 2.50. The summed E-state index contributed by atoms with van der Waals surface area (Å²) in [7, 11) is 0. The monoisotopic (exact) mass is 339 g/mol. The zero-order valence-corrected chi connectivity index (χ0v) is 12.6. The van der Waals surface area contributed by atoms with E-state index in [1.807, 2.05) is 0 Å². The quantitative estimate of drug-likeness (QED) is 0.789. The summed E-state index contributed by atoms with van der Waals surface area (Å²) in [5, 5.41) is 9.76. The van der Waals surface area contributed by atoms with E-state index in [0.717, 1.165) is 0 Å². The van der Waals surface area contributed by atoms with Gasteiger partial charge in [-0.3, -0.25) is 4.79 Å². The number of carboxylic acids is 1. The molecule has 8 heteroatoms. The van der Waals surface area contributed by atoms with Crippen molar-refractivity contribution in [3.05, 3.63) is 56.7 Å². The Morgan fingerprint density at radius 3 is 2.55 bits per heavy atom. The van der Waals surface area contributed by atoms with Crippen LogP contribution in [0.25, 0.3) is 0 Å². The molecule has 2 aromatic rings. The first kappa shape index (κ1) is 16.1. The molecule has 0 unspecified atom stereocenters. The van der Waals surface area contributed by atoms with Crippen LogP contribution in [0.5, 0.6) is 0 Å². The van der Waals surface area contributed by atoms with Gasteiger partial charge in [0.25, 0.3) is 5.91 Å². The molecular weight excluding hydrogens is 329 g/mol. The average Bonchev–Trinajstić information content (AvgIpc) is 2.42. The lowest BCUT2D eigenvalue weighted by Crippen LogP contribution is -2.18. The molecule has 2 rings (SSSR count). The van der Waals surface area contributed by atoms with Gasteiger partial charge in [0.15, 0.2) is 0 Å². The van der Waals surface area contributed by atoms with Gasteiger partial charge in [0, 0.05) is 17.6 Å². The van der Waals surface area contributed by atoms with Crippen LogP contribution in [0.3, 0.4) is 0 Å². The Morgan fingerprint density at radius 2 is 1.95 bits per heavy atom. The molecule has 1 heterocycles. The van der Waals surface area contributed by atoms with Gasteiger partial charge in [-0.2, -0.15) is 0 Å². The standard InChI is InChI=1S/C14H11Cl2N3O3/c15-7-1-2-8(14(21)22)6(3-7)4-9-10(16)5-19-12(17)11(9)13(18)20/h1-3,5H,4H2,(H2,17,19)(H2,18,20)(H,21,22).